The van der Waals surface area contributed by atoms with Crippen molar-refractivity contribution in [3.05, 3.63) is 26.6 Å². The molecule has 0 heterocycles. The van der Waals surface area contributed by atoms with Gasteiger partial charge in [0.1, 0.15) is 0 Å². The van der Waals surface area contributed by atoms with Crippen LogP contribution < -0.4 is 5.46 Å². The standard InChI is InChI=1S/C7H7BBr2O2/c1-4-6(9)2-5(8(11)12)3-7(4)10/h2-3,11-12H,1H3/i1D3. The second-order valence-electron chi connectivity index (χ2n) is 2.23. The van der Waals surface area contributed by atoms with E-state index in [-0.39, 0.29) is 11.0 Å². The number of halogens is 2. The molecule has 0 bridgehead atoms. The molecule has 0 radical (unpaired) electrons. The number of rotatable bonds is 1. The number of hydrogen-bond donors (Lipinski definition) is 2. The van der Waals surface area contributed by atoms with Crippen molar-refractivity contribution >= 4 is 44.4 Å². The Hall–Kier alpha value is 0.165. The minimum Gasteiger partial charge on any atom is -0.423 e. The van der Waals surface area contributed by atoms with Gasteiger partial charge in [0.2, 0.25) is 0 Å². The average Bonchev–Trinajstić information content (AvgIpc) is 1.99. The molecule has 0 saturated heterocycles. The highest BCUT2D eigenvalue weighted by Crippen LogP contribution is 2.22. The molecule has 1 rings (SSSR count). The lowest BCUT2D eigenvalue weighted by molar-refractivity contribution is 0.425. The van der Waals surface area contributed by atoms with Crippen LogP contribution in [0.2, 0.25) is 0 Å². The molecule has 64 valence electrons. The first-order valence-corrected chi connectivity index (χ1v) is 4.67. The lowest BCUT2D eigenvalue weighted by atomic mass is 9.80. The van der Waals surface area contributed by atoms with Gasteiger partial charge in [0.25, 0.3) is 0 Å². The smallest absolute Gasteiger partial charge is 0.423 e. The Kier molecular flexibility index (Phi) is 2.15. The molecule has 0 aliphatic rings. The molecule has 0 saturated carbocycles. The van der Waals surface area contributed by atoms with Gasteiger partial charge >= 0.3 is 7.12 Å². The van der Waals surface area contributed by atoms with Crippen LogP contribution in [-0.2, 0) is 0 Å². The fourth-order valence-electron chi connectivity index (χ4n) is 0.742. The van der Waals surface area contributed by atoms with E-state index in [1.54, 1.807) is 0 Å². The topological polar surface area (TPSA) is 40.5 Å². The summed E-state index contributed by atoms with van der Waals surface area (Å²) in [6, 6.07) is 2.74. The predicted molar refractivity (Wildman–Crippen MR) is 56.4 cm³/mol. The summed E-state index contributed by atoms with van der Waals surface area (Å²) in [6.45, 7) is -2.25. The van der Waals surface area contributed by atoms with Gasteiger partial charge in [0.05, 0.1) is 0 Å². The van der Waals surface area contributed by atoms with Gasteiger partial charge in [0.15, 0.2) is 0 Å². The van der Waals surface area contributed by atoms with E-state index in [1.807, 2.05) is 0 Å². The fourth-order valence-corrected chi connectivity index (χ4v) is 1.96. The Morgan fingerprint density at radius 1 is 1.33 bits per heavy atom. The Bertz CT molecular complexity index is 358. The monoisotopic (exact) mass is 295 g/mol. The molecule has 0 aromatic heterocycles. The van der Waals surface area contributed by atoms with Crippen molar-refractivity contribution in [2.75, 3.05) is 0 Å². The van der Waals surface area contributed by atoms with Gasteiger partial charge in [0, 0.05) is 13.1 Å². The van der Waals surface area contributed by atoms with Gasteiger partial charge in [-0.2, -0.15) is 0 Å². The first kappa shape index (κ1) is 6.59. The molecule has 0 fully saturated rings. The number of benzene rings is 1. The fraction of sp³-hybridized carbons (Fsp3) is 0.143. The molecule has 0 unspecified atom stereocenters. The maximum absolute atomic E-state index is 8.94. The summed E-state index contributed by atoms with van der Waals surface area (Å²) in [4.78, 5) is 0. The molecule has 12 heavy (non-hydrogen) atoms. The van der Waals surface area contributed by atoms with Crippen molar-refractivity contribution < 1.29 is 14.2 Å². The molecule has 5 heteroatoms. The minimum atomic E-state index is -2.25. The summed E-state index contributed by atoms with van der Waals surface area (Å²) in [5, 5.41) is 17.9. The highest BCUT2D eigenvalue weighted by Gasteiger charge is 2.13. The molecule has 0 aliphatic heterocycles. The molecular weight excluding hydrogens is 287 g/mol. The lowest BCUT2D eigenvalue weighted by Crippen LogP contribution is -2.29. The Morgan fingerprint density at radius 3 is 2.17 bits per heavy atom. The summed E-state index contributed by atoms with van der Waals surface area (Å²) < 4.78 is 22.5. The van der Waals surface area contributed by atoms with E-state index in [2.05, 4.69) is 31.9 Å². The third-order valence-electron chi connectivity index (χ3n) is 1.36. The molecule has 0 aliphatic carbocycles. The molecule has 0 spiro atoms. The van der Waals surface area contributed by atoms with Crippen molar-refractivity contribution in [2.24, 2.45) is 0 Å². The third kappa shape index (κ3) is 2.10. The van der Waals surface area contributed by atoms with E-state index in [1.165, 1.54) is 12.1 Å². The van der Waals surface area contributed by atoms with E-state index in [4.69, 9.17) is 14.2 Å². The van der Waals surface area contributed by atoms with E-state index >= 15 is 0 Å². The van der Waals surface area contributed by atoms with Crippen molar-refractivity contribution in [1.29, 1.82) is 0 Å². The zero-order chi connectivity index (χ0) is 11.8. The Morgan fingerprint density at radius 2 is 1.83 bits per heavy atom. The number of hydrogen-bond acceptors (Lipinski definition) is 2. The van der Waals surface area contributed by atoms with Crippen LogP contribution >= 0.6 is 31.9 Å². The second kappa shape index (κ2) is 3.92. The van der Waals surface area contributed by atoms with Crippen LogP contribution in [0.15, 0.2) is 21.1 Å². The average molecular weight is 297 g/mol. The van der Waals surface area contributed by atoms with Gasteiger partial charge in [-0.1, -0.05) is 31.9 Å². The summed E-state index contributed by atoms with van der Waals surface area (Å²) >= 11 is 6.18. The van der Waals surface area contributed by atoms with E-state index < -0.39 is 14.0 Å². The van der Waals surface area contributed by atoms with Crippen LogP contribution in [0.25, 0.3) is 0 Å². The first-order chi connectivity index (χ1) is 6.73. The van der Waals surface area contributed by atoms with E-state index in [0.29, 0.717) is 8.95 Å². The third-order valence-corrected chi connectivity index (χ3v) is 2.61. The quantitative estimate of drug-likeness (QED) is 0.765. The summed E-state index contributed by atoms with van der Waals surface area (Å²) in [5.74, 6) is 0. The summed E-state index contributed by atoms with van der Waals surface area (Å²) in [6.07, 6.45) is 0. The van der Waals surface area contributed by atoms with Crippen LogP contribution in [0.3, 0.4) is 0 Å². The minimum absolute atomic E-state index is 0.118. The van der Waals surface area contributed by atoms with Crippen molar-refractivity contribution in [3.8, 4) is 0 Å². The van der Waals surface area contributed by atoms with Crippen LogP contribution in [0.4, 0.5) is 0 Å². The zero-order valence-electron chi connectivity index (χ0n) is 8.88. The summed E-state index contributed by atoms with van der Waals surface area (Å²) in [5.41, 5.74) is 0.341. The molecule has 1 aromatic carbocycles. The van der Waals surface area contributed by atoms with E-state index in [0.717, 1.165) is 0 Å². The van der Waals surface area contributed by atoms with Crippen molar-refractivity contribution in [3.63, 3.8) is 0 Å². The molecule has 2 nitrogen and oxygen atoms in total. The van der Waals surface area contributed by atoms with Crippen LogP contribution in [0.1, 0.15) is 9.68 Å². The SMILES string of the molecule is [2H]C([2H])([2H])c1c(Br)cc(B(O)O)cc1Br. The molecular formula is C7H7BBr2O2. The van der Waals surface area contributed by atoms with Crippen molar-refractivity contribution in [1.82, 2.24) is 0 Å². The lowest BCUT2D eigenvalue weighted by Gasteiger charge is -2.05. The van der Waals surface area contributed by atoms with Crippen molar-refractivity contribution in [2.45, 2.75) is 6.85 Å². The first-order valence-electron chi connectivity index (χ1n) is 4.59. The van der Waals surface area contributed by atoms with Gasteiger partial charge in [-0.05, 0) is 30.0 Å². The maximum atomic E-state index is 8.94. The normalized spacial score (nSPS) is 14.8. The maximum Gasteiger partial charge on any atom is 0.488 e. The second-order valence-corrected chi connectivity index (χ2v) is 3.94. The van der Waals surface area contributed by atoms with Gasteiger partial charge in [-0.15, -0.1) is 0 Å². The molecule has 1 aromatic rings. The zero-order valence-corrected chi connectivity index (χ0v) is 9.05. The van der Waals surface area contributed by atoms with Crippen LogP contribution in [-0.4, -0.2) is 17.2 Å². The van der Waals surface area contributed by atoms with Gasteiger partial charge in [-0.3, -0.25) is 0 Å². The van der Waals surface area contributed by atoms with Crippen LogP contribution in [0.5, 0.6) is 0 Å². The predicted octanol–water partition coefficient (Wildman–Crippen LogP) is 1.20. The van der Waals surface area contributed by atoms with Crippen LogP contribution in [0, 0.1) is 6.85 Å². The van der Waals surface area contributed by atoms with E-state index in [9.17, 15) is 0 Å². The molecule has 2 N–H and O–H groups in total. The highest BCUT2D eigenvalue weighted by molar-refractivity contribution is 9.11. The molecule has 0 atom stereocenters. The largest absolute Gasteiger partial charge is 0.488 e. The highest BCUT2D eigenvalue weighted by atomic mass is 79.9. The Balaban J connectivity index is 3.34. The summed E-state index contributed by atoms with van der Waals surface area (Å²) in [7, 11) is -1.62. The molecule has 0 amide bonds. The van der Waals surface area contributed by atoms with Gasteiger partial charge < -0.3 is 10.0 Å². The Labute approximate surface area is 92.2 Å². The van der Waals surface area contributed by atoms with Gasteiger partial charge in [-0.25, -0.2) is 0 Å².